The van der Waals surface area contributed by atoms with E-state index in [-0.39, 0.29) is 11.9 Å². The molecular formula is C20H21NO2. The summed E-state index contributed by atoms with van der Waals surface area (Å²) >= 11 is 0. The number of hydrogen-bond donors (Lipinski definition) is 0. The minimum Gasteiger partial charge on any atom is -0.426 e. The summed E-state index contributed by atoms with van der Waals surface area (Å²) in [6.45, 7) is 0. The van der Waals surface area contributed by atoms with Crippen LogP contribution in [0.4, 0.5) is 0 Å². The van der Waals surface area contributed by atoms with Crippen molar-refractivity contribution in [3.8, 4) is 5.75 Å². The molecule has 1 aromatic carbocycles. The van der Waals surface area contributed by atoms with Gasteiger partial charge in [0.15, 0.2) is 0 Å². The Morgan fingerprint density at radius 2 is 1.78 bits per heavy atom. The molecule has 3 nitrogen and oxygen atoms in total. The molecule has 0 N–H and O–H groups in total. The lowest BCUT2D eigenvalue weighted by molar-refractivity contribution is -0.139. The minimum absolute atomic E-state index is 0.0764. The Bertz CT molecular complexity index is 656. The minimum atomic E-state index is -0.0820. The molecule has 1 aliphatic rings. The van der Waals surface area contributed by atoms with Crippen LogP contribution in [0, 0.1) is 5.92 Å². The summed E-state index contributed by atoms with van der Waals surface area (Å²) in [7, 11) is 0. The number of hydrogen-bond acceptors (Lipinski definition) is 3. The van der Waals surface area contributed by atoms with Crippen LogP contribution in [0.25, 0.3) is 12.2 Å². The van der Waals surface area contributed by atoms with E-state index in [1.54, 1.807) is 6.20 Å². The second kappa shape index (κ2) is 7.73. The Morgan fingerprint density at radius 3 is 2.48 bits per heavy atom. The summed E-state index contributed by atoms with van der Waals surface area (Å²) in [4.78, 5) is 16.4. The number of esters is 1. The van der Waals surface area contributed by atoms with Gasteiger partial charge in [0.2, 0.25) is 0 Å². The first-order valence-electron chi connectivity index (χ1n) is 8.22. The van der Waals surface area contributed by atoms with Crippen molar-refractivity contribution in [1.82, 2.24) is 4.98 Å². The van der Waals surface area contributed by atoms with Gasteiger partial charge in [-0.05, 0) is 48.7 Å². The lowest BCUT2D eigenvalue weighted by Gasteiger charge is -2.19. The molecule has 2 aromatic rings. The van der Waals surface area contributed by atoms with Gasteiger partial charge in [0, 0.05) is 6.20 Å². The molecule has 1 fully saturated rings. The van der Waals surface area contributed by atoms with Gasteiger partial charge in [0.05, 0.1) is 11.6 Å². The van der Waals surface area contributed by atoms with Crippen molar-refractivity contribution in [3.63, 3.8) is 0 Å². The quantitative estimate of drug-likeness (QED) is 0.605. The zero-order valence-electron chi connectivity index (χ0n) is 13.2. The monoisotopic (exact) mass is 307 g/mol. The van der Waals surface area contributed by atoms with Crippen molar-refractivity contribution in [2.45, 2.75) is 32.1 Å². The molecule has 0 amide bonds. The van der Waals surface area contributed by atoms with E-state index in [1.165, 1.54) is 6.42 Å². The van der Waals surface area contributed by atoms with E-state index < -0.39 is 0 Å². The van der Waals surface area contributed by atoms with Crippen LogP contribution < -0.4 is 4.74 Å². The summed E-state index contributed by atoms with van der Waals surface area (Å²) in [5.41, 5.74) is 1.97. The Kier molecular flexibility index (Phi) is 5.20. The molecule has 0 atom stereocenters. The van der Waals surface area contributed by atoms with Gasteiger partial charge in [-0.3, -0.25) is 9.78 Å². The summed E-state index contributed by atoms with van der Waals surface area (Å²) in [5, 5.41) is 0. The van der Waals surface area contributed by atoms with Crippen LogP contribution >= 0.6 is 0 Å². The van der Waals surface area contributed by atoms with Crippen molar-refractivity contribution in [2.75, 3.05) is 0 Å². The third-order valence-electron chi connectivity index (χ3n) is 4.17. The van der Waals surface area contributed by atoms with Gasteiger partial charge in [-0.25, -0.2) is 0 Å². The van der Waals surface area contributed by atoms with Crippen LogP contribution in [0.3, 0.4) is 0 Å². The maximum absolute atomic E-state index is 12.1. The van der Waals surface area contributed by atoms with Crippen molar-refractivity contribution < 1.29 is 9.53 Å². The highest BCUT2D eigenvalue weighted by molar-refractivity contribution is 5.75. The molecule has 23 heavy (non-hydrogen) atoms. The molecule has 3 rings (SSSR count). The molecule has 1 saturated carbocycles. The van der Waals surface area contributed by atoms with E-state index in [9.17, 15) is 4.79 Å². The molecule has 0 saturated heterocycles. The highest BCUT2D eigenvalue weighted by atomic mass is 16.5. The Morgan fingerprint density at radius 1 is 1.00 bits per heavy atom. The maximum Gasteiger partial charge on any atom is 0.314 e. The van der Waals surface area contributed by atoms with Gasteiger partial charge >= 0.3 is 5.97 Å². The molecule has 0 spiro atoms. The summed E-state index contributed by atoms with van der Waals surface area (Å²) in [5.74, 6) is 0.615. The fourth-order valence-electron chi connectivity index (χ4n) is 2.84. The van der Waals surface area contributed by atoms with E-state index in [0.29, 0.717) is 5.75 Å². The summed E-state index contributed by atoms with van der Waals surface area (Å²) in [6.07, 6.45) is 11.2. The number of carbonyl (C=O) groups is 1. The van der Waals surface area contributed by atoms with E-state index in [4.69, 9.17) is 4.74 Å². The van der Waals surface area contributed by atoms with Gasteiger partial charge < -0.3 is 4.74 Å². The SMILES string of the molecule is O=C(Oc1ccc(/C=C/c2ccccn2)cc1)C1CCCCC1. The summed E-state index contributed by atoms with van der Waals surface area (Å²) < 4.78 is 5.50. The topological polar surface area (TPSA) is 39.2 Å². The summed E-state index contributed by atoms with van der Waals surface area (Å²) in [6, 6.07) is 13.4. The number of benzene rings is 1. The number of ether oxygens (including phenoxy) is 1. The van der Waals surface area contributed by atoms with Gasteiger partial charge in [-0.1, -0.05) is 43.5 Å². The largest absolute Gasteiger partial charge is 0.426 e. The molecule has 1 aliphatic carbocycles. The van der Waals surface area contributed by atoms with Crippen molar-refractivity contribution >= 4 is 18.1 Å². The van der Waals surface area contributed by atoms with Gasteiger partial charge in [-0.15, -0.1) is 0 Å². The highest BCUT2D eigenvalue weighted by Crippen LogP contribution is 2.25. The fraction of sp³-hybridized carbons (Fsp3) is 0.300. The Balaban J connectivity index is 1.58. The Hall–Kier alpha value is -2.42. The van der Waals surface area contributed by atoms with Crippen LogP contribution in [0.15, 0.2) is 48.7 Å². The van der Waals surface area contributed by atoms with Crippen LogP contribution in [-0.2, 0) is 4.79 Å². The van der Waals surface area contributed by atoms with Crippen molar-refractivity contribution in [1.29, 1.82) is 0 Å². The highest BCUT2D eigenvalue weighted by Gasteiger charge is 2.22. The third kappa shape index (κ3) is 4.52. The molecular weight excluding hydrogens is 286 g/mol. The fourth-order valence-corrected chi connectivity index (χ4v) is 2.84. The normalized spacial score (nSPS) is 15.7. The van der Waals surface area contributed by atoms with Crippen LogP contribution in [0.1, 0.15) is 43.4 Å². The Labute approximate surface area is 137 Å². The van der Waals surface area contributed by atoms with E-state index in [2.05, 4.69) is 4.98 Å². The second-order valence-corrected chi connectivity index (χ2v) is 5.91. The lowest BCUT2D eigenvalue weighted by atomic mass is 9.89. The number of aromatic nitrogens is 1. The zero-order chi connectivity index (χ0) is 15.9. The smallest absolute Gasteiger partial charge is 0.314 e. The number of nitrogens with zero attached hydrogens (tertiary/aromatic N) is 1. The molecule has 0 unspecified atom stereocenters. The average molecular weight is 307 g/mol. The van der Waals surface area contributed by atoms with Gasteiger partial charge in [0.25, 0.3) is 0 Å². The average Bonchev–Trinajstić information content (AvgIpc) is 2.63. The maximum atomic E-state index is 12.1. The number of rotatable bonds is 4. The molecule has 0 bridgehead atoms. The van der Waals surface area contributed by atoms with E-state index >= 15 is 0 Å². The van der Waals surface area contributed by atoms with E-state index in [1.807, 2.05) is 54.6 Å². The van der Waals surface area contributed by atoms with Crippen molar-refractivity contribution in [2.24, 2.45) is 5.92 Å². The van der Waals surface area contributed by atoms with E-state index in [0.717, 1.165) is 36.9 Å². The second-order valence-electron chi connectivity index (χ2n) is 5.91. The molecule has 3 heteroatoms. The molecule has 118 valence electrons. The van der Waals surface area contributed by atoms with Crippen LogP contribution in [-0.4, -0.2) is 11.0 Å². The predicted octanol–water partition coefficient (Wildman–Crippen LogP) is 4.74. The number of pyridine rings is 1. The first-order chi connectivity index (χ1) is 11.3. The first kappa shape index (κ1) is 15.5. The van der Waals surface area contributed by atoms with Crippen LogP contribution in [0.5, 0.6) is 5.75 Å². The molecule has 0 radical (unpaired) electrons. The molecule has 1 aromatic heterocycles. The van der Waals surface area contributed by atoms with Gasteiger partial charge in [0.1, 0.15) is 5.75 Å². The molecule has 1 heterocycles. The molecule has 0 aliphatic heterocycles. The standard InChI is InChI=1S/C20H21NO2/c22-20(17-6-2-1-3-7-17)23-19-13-10-16(11-14-19)9-12-18-8-4-5-15-21-18/h4-5,8-15,17H,1-3,6-7H2/b12-9+. The first-order valence-corrected chi connectivity index (χ1v) is 8.22. The zero-order valence-corrected chi connectivity index (χ0v) is 13.2. The van der Waals surface area contributed by atoms with Crippen molar-refractivity contribution in [3.05, 3.63) is 59.9 Å². The van der Waals surface area contributed by atoms with Gasteiger partial charge in [-0.2, -0.15) is 0 Å². The van der Waals surface area contributed by atoms with Crippen LogP contribution in [0.2, 0.25) is 0 Å². The third-order valence-corrected chi connectivity index (χ3v) is 4.17. The lowest BCUT2D eigenvalue weighted by Crippen LogP contribution is -2.22. The predicted molar refractivity (Wildman–Crippen MR) is 91.8 cm³/mol. The number of carbonyl (C=O) groups excluding carboxylic acids is 1.